The minimum absolute atomic E-state index is 1.11. The lowest BCUT2D eigenvalue weighted by Crippen LogP contribution is -2.11. The van der Waals surface area contributed by atoms with Crippen molar-refractivity contribution in [3.8, 4) is 44.5 Å². The topological polar surface area (TPSA) is 3.24 Å². The summed E-state index contributed by atoms with van der Waals surface area (Å²) in [5.41, 5.74) is 13.2. The summed E-state index contributed by atoms with van der Waals surface area (Å²) in [5, 5.41) is 10.1. The first-order chi connectivity index (χ1) is 32.2. The molecular weight excluding hydrogens is 823 g/mol. The van der Waals surface area contributed by atoms with E-state index in [0.29, 0.717) is 0 Å². The molecule has 65 heavy (non-hydrogen) atoms. The van der Waals surface area contributed by atoms with Crippen LogP contribution in [-0.2, 0) is 0 Å². The molecule has 304 valence electrons. The molecule has 0 amide bonds. The molecule has 0 unspecified atom stereocenters. The van der Waals surface area contributed by atoms with E-state index in [0.717, 1.165) is 11.4 Å². The van der Waals surface area contributed by atoms with Crippen molar-refractivity contribution in [2.45, 2.75) is 0 Å². The summed E-state index contributed by atoms with van der Waals surface area (Å²) in [6.07, 6.45) is 0. The van der Waals surface area contributed by atoms with Crippen molar-refractivity contribution in [1.29, 1.82) is 0 Å². The Balaban J connectivity index is 1.05. The Labute approximate surface area is 385 Å². The zero-order valence-corrected chi connectivity index (χ0v) is 36.9. The molecule has 0 radical (unpaired) electrons. The van der Waals surface area contributed by atoms with Crippen molar-refractivity contribution >= 4 is 102 Å². The van der Waals surface area contributed by atoms with E-state index in [4.69, 9.17) is 0 Å². The van der Waals surface area contributed by atoms with E-state index in [2.05, 4.69) is 241 Å². The van der Waals surface area contributed by atoms with Gasteiger partial charge in [0.15, 0.2) is 0 Å². The van der Waals surface area contributed by atoms with E-state index >= 15 is 0 Å². The maximum absolute atomic E-state index is 2.53. The second-order valence-electron chi connectivity index (χ2n) is 16.8. The lowest BCUT2D eigenvalue weighted by molar-refractivity contribution is 1.32. The van der Waals surface area contributed by atoms with E-state index in [9.17, 15) is 0 Å². The molecule has 0 saturated heterocycles. The van der Waals surface area contributed by atoms with Crippen LogP contribution in [0.15, 0.2) is 237 Å². The van der Waals surface area contributed by atoms with E-state index in [1.165, 1.54) is 112 Å². The second kappa shape index (κ2) is 15.5. The lowest BCUT2D eigenvalue weighted by atomic mass is 9.96. The number of benzene rings is 11. The van der Waals surface area contributed by atoms with E-state index in [1.54, 1.807) is 0 Å². The van der Waals surface area contributed by atoms with Crippen LogP contribution >= 0.6 is 22.7 Å². The van der Waals surface area contributed by atoms with Crippen LogP contribution < -0.4 is 4.90 Å². The Morgan fingerprint density at radius 2 is 0.800 bits per heavy atom. The molecule has 3 heteroatoms. The summed E-state index contributed by atoms with van der Waals surface area (Å²) >= 11 is 3.77. The van der Waals surface area contributed by atoms with Gasteiger partial charge in [-0.1, -0.05) is 188 Å². The van der Waals surface area contributed by atoms with Gasteiger partial charge in [0.1, 0.15) is 0 Å². The lowest BCUT2D eigenvalue weighted by Gasteiger charge is -2.28. The molecule has 0 aliphatic heterocycles. The van der Waals surface area contributed by atoms with Crippen molar-refractivity contribution < 1.29 is 0 Å². The van der Waals surface area contributed by atoms with E-state index < -0.39 is 0 Å². The maximum Gasteiger partial charge on any atom is 0.0555 e. The van der Waals surface area contributed by atoms with Crippen LogP contribution in [0.3, 0.4) is 0 Å². The summed E-state index contributed by atoms with van der Waals surface area (Å²) in [6, 6.07) is 87.2. The summed E-state index contributed by atoms with van der Waals surface area (Å²) < 4.78 is 5.12. The normalized spacial score (nSPS) is 11.7. The van der Waals surface area contributed by atoms with E-state index in [-0.39, 0.29) is 0 Å². The quantitative estimate of drug-likeness (QED) is 0.144. The third-order valence-electron chi connectivity index (χ3n) is 13.1. The monoisotopic (exact) mass is 861 g/mol. The van der Waals surface area contributed by atoms with Gasteiger partial charge in [0.2, 0.25) is 0 Å². The molecule has 0 atom stereocenters. The van der Waals surface area contributed by atoms with E-state index in [1.807, 2.05) is 22.7 Å². The minimum Gasteiger partial charge on any atom is -0.309 e. The minimum atomic E-state index is 1.11. The molecule has 0 fully saturated rings. The van der Waals surface area contributed by atoms with Crippen molar-refractivity contribution in [1.82, 2.24) is 0 Å². The van der Waals surface area contributed by atoms with Gasteiger partial charge in [-0.3, -0.25) is 0 Å². The first-order valence-corrected chi connectivity index (χ1v) is 23.8. The Kier molecular flexibility index (Phi) is 8.97. The smallest absolute Gasteiger partial charge is 0.0555 e. The molecule has 0 aliphatic rings. The van der Waals surface area contributed by atoms with Gasteiger partial charge in [0.05, 0.1) is 11.4 Å². The molecule has 0 spiro atoms. The number of fused-ring (bicyclic) bond motifs is 9. The highest BCUT2D eigenvalue weighted by Gasteiger charge is 2.24. The Hall–Kier alpha value is -7.82. The molecule has 0 saturated carbocycles. The van der Waals surface area contributed by atoms with Crippen LogP contribution in [0.1, 0.15) is 0 Å². The van der Waals surface area contributed by atoms with Gasteiger partial charge in [0, 0.05) is 46.0 Å². The van der Waals surface area contributed by atoms with Gasteiger partial charge in [-0.2, -0.15) is 0 Å². The zero-order valence-electron chi connectivity index (χ0n) is 35.3. The van der Waals surface area contributed by atoms with Crippen molar-refractivity contribution in [3.05, 3.63) is 237 Å². The van der Waals surface area contributed by atoms with Crippen molar-refractivity contribution in [3.63, 3.8) is 0 Å². The number of rotatable bonds is 7. The summed E-state index contributed by atoms with van der Waals surface area (Å²) in [7, 11) is 0. The number of anilines is 3. The van der Waals surface area contributed by atoms with Gasteiger partial charge in [-0.25, -0.2) is 0 Å². The number of hydrogen-bond acceptors (Lipinski definition) is 3. The van der Waals surface area contributed by atoms with Gasteiger partial charge >= 0.3 is 0 Å². The highest BCUT2D eigenvalue weighted by molar-refractivity contribution is 7.26. The largest absolute Gasteiger partial charge is 0.309 e. The molecule has 0 bridgehead atoms. The standard InChI is InChI=1S/C62H39NS2/c1-4-13-40(14-5-1)47-29-33-52-58(38-47)64-57-22-12-21-55(60(52)57)63(49-31-27-42(28-32-49)46-26-25-45-24-23-44-19-10-11-20-50(44)54(45)37-46)56-36-35-51(43-17-8-3-9-18-43)62-61(56)53-34-30-48(39-59(53)65-62)41-15-6-2-7-16-41/h1-39H. The molecular formula is C62H39NS2. The van der Waals surface area contributed by atoms with Crippen LogP contribution in [0.4, 0.5) is 17.1 Å². The molecule has 13 aromatic rings. The first-order valence-electron chi connectivity index (χ1n) is 22.1. The van der Waals surface area contributed by atoms with Crippen LogP contribution in [0, 0.1) is 0 Å². The van der Waals surface area contributed by atoms with Crippen molar-refractivity contribution in [2.24, 2.45) is 0 Å². The molecule has 1 nitrogen and oxygen atoms in total. The van der Waals surface area contributed by atoms with Gasteiger partial charge in [-0.05, 0) is 115 Å². The Morgan fingerprint density at radius 1 is 0.277 bits per heavy atom. The van der Waals surface area contributed by atoms with Crippen LogP contribution in [-0.4, -0.2) is 0 Å². The molecule has 0 N–H and O–H groups in total. The SMILES string of the molecule is c1ccc(-c2ccc3c(c2)sc2cccc(N(c4ccc(-c5ccc6ccc7ccccc7c6c5)cc4)c4ccc(-c5ccccc5)c5sc6cc(-c7ccccc7)ccc6c45)c23)cc1. The number of hydrogen-bond donors (Lipinski definition) is 0. The third kappa shape index (κ3) is 6.43. The predicted molar refractivity (Wildman–Crippen MR) is 284 cm³/mol. The average molecular weight is 862 g/mol. The number of nitrogens with zero attached hydrogens (tertiary/aromatic N) is 1. The molecule has 2 aromatic heterocycles. The third-order valence-corrected chi connectivity index (χ3v) is 15.4. The van der Waals surface area contributed by atoms with Crippen molar-refractivity contribution in [2.75, 3.05) is 4.90 Å². The second-order valence-corrected chi connectivity index (χ2v) is 19.0. The molecule has 13 rings (SSSR count). The van der Waals surface area contributed by atoms with Gasteiger partial charge in [-0.15, -0.1) is 22.7 Å². The predicted octanol–water partition coefficient (Wildman–Crippen LogP) is 18.9. The highest BCUT2D eigenvalue weighted by Crippen LogP contribution is 2.52. The van der Waals surface area contributed by atoms with Crippen LogP contribution in [0.25, 0.3) is 106 Å². The zero-order chi connectivity index (χ0) is 42.8. The maximum atomic E-state index is 2.53. The summed E-state index contributed by atoms with van der Waals surface area (Å²) in [6.45, 7) is 0. The Bertz CT molecular complexity index is 3920. The van der Waals surface area contributed by atoms with Gasteiger partial charge < -0.3 is 4.90 Å². The highest BCUT2D eigenvalue weighted by atomic mass is 32.1. The van der Waals surface area contributed by atoms with Crippen LogP contribution in [0.5, 0.6) is 0 Å². The Morgan fingerprint density at radius 3 is 1.51 bits per heavy atom. The summed E-state index contributed by atoms with van der Waals surface area (Å²) in [4.78, 5) is 2.53. The fourth-order valence-corrected chi connectivity index (χ4v) is 12.4. The molecule has 0 aliphatic carbocycles. The first kappa shape index (κ1) is 37.7. The van der Waals surface area contributed by atoms with Crippen LogP contribution in [0.2, 0.25) is 0 Å². The average Bonchev–Trinajstić information content (AvgIpc) is 3.96. The number of thiophene rings is 2. The fraction of sp³-hybridized carbons (Fsp3) is 0. The van der Waals surface area contributed by atoms with Gasteiger partial charge in [0.25, 0.3) is 0 Å². The molecule has 11 aromatic carbocycles. The fourth-order valence-electron chi connectivity index (χ4n) is 9.90. The molecule has 2 heterocycles. The summed E-state index contributed by atoms with van der Waals surface area (Å²) in [5.74, 6) is 0.